The third kappa shape index (κ3) is 3.58. The highest BCUT2D eigenvalue weighted by atomic mass is 16.6. The van der Waals surface area contributed by atoms with E-state index >= 15 is 0 Å². The Hall–Kier alpha value is -2.35. The average molecular weight is 271 g/mol. The molecule has 0 aliphatic carbocycles. The van der Waals surface area contributed by atoms with Crippen LogP contribution >= 0.6 is 0 Å². The van der Waals surface area contributed by atoms with E-state index in [9.17, 15) is 4.79 Å². The third-order valence-corrected chi connectivity index (χ3v) is 2.72. The zero-order valence-electron chi connectivity index (χ0n) is 11.9. The summed E-state index contributed by atoms with van der Waals surface area (Å²) in [5, 5.41) is 11.5. The normalized spacial score (nSPS) is 13.2. The van der Waals surface area contributed by atoms with Gasteiger partial charge in [-0.05, 0) is 44.5 Å². The van der Waals surface area contributed by atoms with Crippen LogP contribution in [0, 0.1) is 11.3 Å². The molecule has 0 saturated carbocycles. The Morgan fingerprint density at radius 2 is 2.25 bits per heavy atom. The lowest BCUT2D eigenvalue weighted by atomic mass is 10.1. The zero-order chi connectivity index (χ0) is 14.8. The number of benzene rings is 1. The summed E-state index contributed by atoms with van der Waals surface area (Å²) in [5.74, 6) is 0. The number of nitrogens with one attached hydrogen (secondary N) is 1. The van der Waals surface area contributed by atoms with Crippen molar-refractivity contribution >= 4 is 17.5 Å². The number of nitriles is 1. The van der Waals surface area contributed by atoms with Gasteiger partial charge in [-0.25, -0.2) is 4.79 Å². The first-order valence-corrected chi connectivity index (χ1v) is 6.44. The maximum atomic E-state index is 11.6. The van der Waals surface area contributed by atoms with Crippen LogP contribution in [0.3, 0.4) is 0 Å². The van der Waals surface area contributed by atoms with E-state index in [-0.39, 0.29) is 0 Å². The zero-order valence-corrected chi connectivity index (χ0v) is 11.9. The molecule has 1 heterocycles. The molecule has 5 nitrogen and oxygen atoms in total. The summed E-state index contributed by atoms with van der Waals surface area (Å²) < 4.78 is 5.16. The Labute approximate surface area is 118 Å². The highest BCUT2D eigenvalue weighted by Crippen LogP contribution is 2.27. The Bertz CT molecular complexity index is 607. The van der Waals surface area contributed by atoms with Crippen LogP contribution in [-0.2, 0) is 11.2 Å². The summed E-state index contributed by atoms with van der Waals surface area (Å²) >= 11 is 0. The fraction of sp³-hybridized carbons (Fsp3) is 0.400. The molecule has 0 aromatic heterocycles. The van der Waals surface area contributed by atoms with Crippen LogP contribution in [0.4, 0.5) is 10.5 Å². The lowest BCUT2D eigenvalue weighted by Gasteiger charge is -2.19. The Kier molecular flexibility index (Phi) is 3.75. The van der Waals surface area contributed by atoms with Gasteiger partial charge in [0.25, 0.3) is 0 Å². The molecule has 5 heteroatoms. The predicted molar refractivity (Wildman–Crippen MR) is 76.2 cm³/mol. The fourth-order valence-corrected chi connectivity index (χ4v) is 1.93. The van der Waals surface area contributed by atoms with Crippen molar-refractivity contribution in [2.75, 3.05) is 6.54 Å². The number of alkyl carbamates (subject to hydrolysis) is 1. The Morgan fingerprint density at radius 1 is 1.50 bits per heavy atom. The minimum absolute atomic E-state index is 0.353. The van der Waals surface area contributed by atoms with E-state index in [1.54, 1.807) is 6.07 Å². The second-order valence-corrected chi connectivity index (χ2v) is 5.67. The van der Waals surface area contributed by atoms with Crippen molar-refractivity contribution < 1.29 is 9.53 Å². The molecule has 0 radical (unpaired) electrons. The first-order valence-electron chi connectivity index (χ1n) is 6.44. The molecular formula is C15H17N3O2. The van der Waals surface area contributed by atoms with Gasteiger partial charge in [-0.1, -0.05) is 0 Å². The lowest BCUT2D eigenvalue weighted by molar-refractivity contribution is 0.0536. The van der Waals surface area contributed by atoms with Crippen molar-refractivity contribution in [2.24, 2.45) is 4.99 Å². The molecule has 0 saturated heterocycles. The average Bonchev–Trinajstić information content (AvgIpc) is 2.75. The van der Waals surface area contributed by atoms with Crippen LogP contribution in [-0.4, -0.2) is 24.0 Å². The summed E-state index contributed by atoms with van der Waals surface area (Å²) in [5.41, 5.74) is 2.86. The highest BCUT2D eigenvalue weighted by Gasteiger charge is 2.18. The summed E-state index contributed by atoms with van der Waals surface area (Å²) in [4.78, 5) is 16.0. The molecular weight excluding hydrogens is 254 g/mol. The van der Waals surface area contributed by atoms with Crippen molar-refractivity contribution in [2.45, 2.75) is 32.8 Å². The fourth-order valence-electron chi connectivity index (χ4n) is 1.93. The molecule has 0 unspecified atom stereocenters. The number of hydrogen-bond donors (Lipinski definition) is 1. The van der Waals surface area contributed by atoms with E-state index in [1.165, 1.54) is 0 Å². The molecule has 20 heavy (non-hydrogen) atoms. The molecule has 1 N–H and O–H groups in total. The lowest BCUT2D eigenvalue weighted by Crippen LogP contribution is -2.35. The predicted octanol–water partition coefficient (Wildman–Crippen LogP) is 2.71. The molecule has 1 aromatic carbocycles. The third-order valence-electron chi connectivity index (χ3n) is 2.72. The Morgan fingerprint density at radius 3 is 2.90 bits per heavy atom. The van der Waals surface area contributed by atoms with Crippen molar-refractivity contribution in [3.63, 3.8) is 0 Å². The first kappa shape index (κ1) is 14.1. The van der Waals surface area contributed by atoms with Crippen LogP contribution < -0.4 is 5.32 Å². The standard InChI is InChI=1S/C15H17N3O2/c1-15(2,3)20-14(19)17-9-12-7-11-6-10(8-16)4-5-13(11)18-12/h4-6H,7,9H2,1-3H3,(H,17,19). The van der Waals surface area contributed by atoms with Gasteiger partial charge in [-0.2, -0.15) is 5.26 Å². The minimum atomic E-state index is -0.508. The van der Waals surface area contributed by atoms with E-state index < -0.39 is 11.7 Å². The van der Waals surface area contributed by atoms with Crippen molar-refractivity contribution in [3.8, 4) is 6.07 Å². The Balaban J connectivity index is 1.92. The maximum Gasteiger partial charge on any atom is 0.407 e. The van der Waals surface area contributed by atoms with Gasteiger partial charge in [-0.15, -0.1) is 0 Å². The number of nitrogens with zero attached hydrogens (tertiary/aromatic N) is 2. The maximum absolute atomic E-state index is 11.6. The number of aliphatic imine (C=N–C) groups is 1. The van der Waals surface area contributed by atoms with Gasteiger partial charge in [0.15, 0.2) is 0 Å². The number of ether oxygens (including phenoxy) is 1. The van der Waals surface area contributed by atoms with Crippen LogP contribution in [0.15, 0.2) is 23.2 Å². The number of hydrogen-bond acceptors (Lipinski definition) is 4. The van der Waals surface area contributed by atoms with Crippen molar-refractivity contribution in [3.05, 3.63) is 29.3 Å². The van der Waals surface area contributed by atoms with E-state index in [4.69, 9.17) is 10.00 Å². The SMILES string of the molecule is CC(C)(C)OC(=O)NCC1=Nc2ccc(C#N)cc2C1. The molecule has 0 atom stereocenters. The van der Waals surface area contributed by atoms with Gasteiger partial charge in [0.05, 0.1) is 23.9 Å². The number of fused-ring (bicyclic) bond motifs is 1. The van der Waals surface area contributed by atoms with Crippen molar-refractivity contribution in [1.82, 2.24) is 5.32 Å². The molecule has 2 rings (SSSR count). The molecule has 1 aliphatic heterocycles. The second kappa shape index (κ2) is 5.33. The second-order valence-electron chi connectivity index (χ2n) is 5.67. The number of carbonyl (C=O) groups is 1. The molecule has 0 fully saturated rings. The summed E-state index contributed by atoms with van der Waals surface area (Å²) in [6, 6.07) is 7.51. The quantitative estimate of drug-likeness (QED) is 0.898. The summed E-state index contributed by atoms with van der Waals surface area (Å²) in [6.07, 6.45) is 0.203. The van der Waals surface area contributed by atoms with Crippen LogP contribution in [0.1, 0.15) is 31.9 Å². The van der Waals surface area contributed by atoms with Crippen LogP contribution in [0.5, 0.6) is 0 Å². The van der Waals surface area contributed by atoms with Crippen LogP contribution in [0.2, 0.25) is 0 Å². The number of rotatable bonds is 2. The highest BCUT2D eigenvalue weighted by molar-refractivity contribution is 5.96. The molecule has 104 valence electrons. The van der Waals surface area contributed by atoms with Gasteiger partial charge in [0.2, 0.25) is 0 Å². The topological polar surface area (TPSA) is 74.5 Å². The van der Waals surface area contributed by atoms with E-state index in [2.05, 4.69) is 16.4 Å². The summed E-state index contributed by atoms with van der Waals surface area (Å²) in [6.45, 7) is 5.81. The monoisotopic (exact) mass is 271 g/mol. The van der Waals surface area contributed by atoms with Crippen molar-refractivity contribution in [1.29, 1.82) is 5.26 Å². The van der Waals surface area contributed by atoms with Gasteiger partial charge in [0.1, 0.15) is 5.60 Å². The number of amides is 1. The van der Waals surface area contributed by atoms with E-state index in [1.807, 2.05) is 32.9 Å². The van der Waals surface area contributed by atoms with Gasteiger partial charge in [-0.3, -0.25) is 4.99 Å². The van der Waals surface area contributed by atoms with Gasteiger partial charge in [0, 0.05) is 12.1 Å². The largest absolute Gasteiger partial charge is 0.444 e. The van der Waals surface area contributed by atoms with E-state index in [0.717, 1.165) is 17.0 Å². The molecule has 1 amide bonds. The first-order chi connectivity index (χ1) is 9.37. The number of carbonyl (C=O) groups excluding carboxylic acids is 1. The van der Waals surface area contributed by atoms with Gasteiger partial charge < -0.3 is 10.1 Å². The molecule has 1 aromatic rings. The summed E-state index contributed by atoms with van der Waals surface area (Å²) in [7, 11) is 0. The smallest absolute Gasteiger partial charge is 0.407 e. The van der Waals surface area contributed by atoms with Crippen LogP contribution in [0.25, 0.3) is 0 Å². The van der Waals surface area contributed by atoms with E-state index in [0.29, 0.717) is 18.5 Å². The van der Waals surface area contributed by atoms with Gasteiger partial charge >= 0.3 is 6.09 Å². The molecule has 0 spiro atoms. The molecule has 1 aliphatic rings. The minimum Gasteiger partial charge on any atom is -0.444 e. The molecule has 0 bridgehead atoms.